The molecule has 4 aliphatic carbocycles. The molecule has 6 rings (SSSR count). The Morgan fingerprint density at radius 3 is 2.10 bits per heavy atom. The second-order valence-electron chi connectivity index (χ2n) is 7.68. The minimum atomic E-state index is 0.821. The molecule has 2 atom stereocenters. The molecule has 2 heteroatoms. The van der Waals surface area contributed by atoms with E-state index < -0.39 is 0 Å². The van der Waals surface area contributed by atoms with Crippen molar-refractivity contribution in [2.24, 2.45) is 23.7 Å². The molecule has 2 saturated carbocycles. The van der Waals surface area contributed by atoms with Gasteiger partial charge in [-0.05, 0) is 56.1 Å². The van der Waals surface area contributed by atoms with Gasteiger partial charge in [0.05, 0.1) is 6.67 Å². The fourth-order valence-corrected chi connectivity index (χ4v) is 5.77. The van der Waals surface area contributed by atoms with Crippen molar-refractivity contribution in [1.29, 1.82) is 0 Å². The van der Waals surface area contributed by atoms with Crippen molar-refractivity contribution in [3.05, 3.63) is 41.7 Å². The quantitative estimate of drug-likeness (QED) is 0.765. The van der Waals surface area contributed by atoms with Gasteiger partial charge in [0.2, 0.25) is 0 Å². The van der Waals surface area contributed by atoms with Crippen LogP contribution in [-0.4, -0.2) is 18.6 Å². The number of hydrogen-bond donors (Lipinski definition) is 0. The second kappa shape index (κ2) is 4.28. The van der Waals surface area contributed by atoms with E-state index >= 15 is 0 Å². The number of rotatable bonds is 1. The number of hydrogen-bond acceptors (Lipinski definition) is 2. The number of para-hydroxylation sites is 1. The van der Waals surface area contributed by atoms with E-state index in [2.05, 4.69) is 47.2 Å². The molecular weight excluding hydrogens is 256 g/mol. The van der Waals surface area contributed by atoms with E-state index in [-0.39, 0.29) is 0 Å². The molecule has 110 valence electrons. The Kier molecular flexibility index (Phi) is 2.47. The van der Waals surface area contributed by atoms with Crippen LogP contribution in [0.4, 0.5) is 5.69 Å². The van der Waals surface area contributed by atoms with Crippen molar-refractivity contribution in [3.63, 3.8) is 0 Å². The Hall–Kier alpha value is -1.44. The van der Waals surface area contributed by atoms with Gasteiger partial charge in [-0.1, -0.05) is 18.2 Å². The van der Waals surface area contributed by atoms with E-state index in [0.717, 1.165) is 30.3 Å². The third kappa shape index (κ3) is 1.71. The maximum absolute atomic E-state index is 2.61. The Morgan fingerprint density at radius 1 is 0.810 bits per heavy atom. The summed E-state index contributed by atoms with van der Waals surface area (Å²) in [6.07, 6.45) is 7.33. The molecule has 2 fully saturated rings. The van der Waals surface area contributed by atoms with Gasteiger partial charge in [0.25, 0.3) is 0 Å². The van der Waals surface area contributed by atoms with Crippen molar-refractivity contribution >= 4 is 5.69 Å². The minimum absolute atomic E-state index is 0.821. The molecular formula is C19H24N2. The summed E-state index contributed by atoms with van der Waals surface area (Å²) in [5.74, 6) is 3.67. The minimum Gasteiger partial charge on any atom is -0.358 e. The maximum Gasteiger partial charge on any atom is 0.0944 e. The molecule has 0 N–H and O–H groups in total. The first kappa shape index (κ1) is 12.1. The number of allylic oxidation sites excluding steroid dienone is 2. The fourth-order valence-electron chi connectivity index (χ4n) is 5.77. The van der Waals surface area contributed by atoms with Crippen LogP contribution < -0.4 is 4.90 Å². The van der Waals surface area contributed by atoms with E-state index in [0.29, 0.717) is 0 Å². The van der Waals surface area contributed by atoms with Crippen LogP contribution >= 0.6 is 0 Å². The summed E-state index contributed by atoms with van der Waals surface area (Å²) >= 11 is 0. The first-order chi connectivity index (χ1) is 10.3. The van der Waals surface area contributed by atoms with Crippen molar-refractivity contribution in [2.45, 2.75) is 32.1 Å². The predicted molar refractivity (Wildman–Crippen MR) is 85.6 cm³/mol. The standard InChI is InChI=1S/C19H24N2/c1-20-12-21(17-5-3-2-4-6-17)19-16-10-13-7-14(11-16)9-15(8-13)18(19)20/h2-6,13-16H,7-12H2,1H3. The lowest BCUT2D eigenvalue weighted by atomic mass is 9.66. The van der Waals surface area contributed by atoms with Gasteiger partial charge in [0, 0.05) is 36.0 Å². The summed E-state index contributed by atoms with van der Waals surface area (Å²) in [4.78, 5) is 5.17. The van der Waals surface area contributed by atoms with Gasteiger partial charge in [0.1, 0.15) is 0 Å². The van der Waals surface area contributed by atoms with E-state index in [1.165, 1.54) is 37.8 Å². The first-order valence-corrected chi connectivity index (χ1v) is 8.57. The normalized spacial score (nSPS) is 37.2. The molecule has 2 nitrogen and oxygen atoms in total. The molecule has 0 spiro atoms. The lowest BCUT2D eigenvalue weighted by molar-refractivity contribution is 0.127. The van der Waals surface area contributed by atoms with Gasteiger partial charge in [-0.3, -0.25) is 0 Å². The predicted octanol–water partition coefficient (Wildman–Crippen LogP) is 4.06. The highest BCUT2D eigenvalue weighted by molar-refractivity contribution is 5.56. The monoisotopic (exact) mass is 280 g/mol. The zero-order valence-corrected chi connectivity index (χ0v) is 12.8. The van der Waals surface area contributed by atoms with Gasteiger partial charge in [0.15, 0.2) is 0 Å². The van der Waals surface area contributed by atoms with Crippen LogP contribution in [-0.2, 0) is 0 Å². The maximum atomic E-state index is 2.61. The Morgan fingerprint density at radius 2 is 1.43 bits per heavy atom. The zero-order valence-electron chi connectivity index (χ0n) is 12.8. The van der Waals surface area contributed by atoms with Crippen molar-refractivity contribution in [3.8, 4) is 0 Å². The molecule has 1 aliphatic heterocycles. The highest BCUT2D eigenvalue weighted by Crippen LogP contribution is 2.56. The molecule has 21 heavy (non-hydrogen) atoms. The molecule has 1 heterocycles. The van der Waals surface area contributed by atoms with Gasteiger partial charge >= 0.3 is 0 Å². The summed E-state index contributed by atoms with van der Waals surface area (Å²) in [5, 5.41) is 0. The lowest BCUT2D eigenvalue weighted by Crippen LogP contribution is -2.35. The smallest absolute Gasteiger partial charge is 0.0944 e. The Bertz CT molecular complexity index is 577. The van der Waals surface area contributed by atoms with Crippen LogP contribution in [0.2, 0.25) is 0 Å². The zero-order chi connectivity index (χ0) is 14.0. The van der Waals surface area contributed by atoms with Gasteiger partial charge in [-0.25, -0.2) is 0 Å². The Labute approximate surface area is 127 Å². The van der Waals surface area contributed by atoms with Crippen LogP contribution in [0.1, 0.15) is 32.1 Å². The third-order valence-corrected chi connectivity index (χ3v) is 6.30. The van der Waals surface area contributed by atoms with E-state index in [1.807, 2.05) is 0 Å². The van der Waals surface area contributed by atoms with Gasteiger partial charge < -0.3 is 9.80 Å². The van der Waals surface area contributed by atoms with E-state index in [1.54, 1.807) is 11.4 Å². The van der Waals surface area contributed by atoms with Crippen LogP contribution in [0, 0.1) is 23.7 Å². The van der Waals surface area contributed by atoms with E-state index in [9.17, 15) is 0 Å². The fraction of sp³-hybridized carbons (Fsp3) is 0.579. The number of benzene rings is 1. The molecule has 0 saturated heterocycles. The summed E-state index contributed by atoms with van der Waals surface area (Å²) in [5.41, 5.74) is 4.78. The first-order valence-electron chi connectivity index (χ1n) is 8.57. The molecule has 1 aromatic rings. The molecule has 5 aliphatic rings. The molecule has 2 unspecified atom stereocenters. The van der Waals surface area contributed by atoms with Crippen molar-refractivity contribution in [2.75, 3.05) is 18.6 Å². The average Bonchev–Trinajstić information content (AvgIpc) is 2.74. The highest BCUT2D eigenvalue weighted by Gasteiger charge is 2.48. The lowest BCUT2D eigenvalue weighted by Gasteiger charge is -2.41. The SMILES string of the molecule is CN1CN(c2ccccc2)C2=C1C1CC3CC(C1)CC2C3. The topological polar surface area (TPSA) is 6.48 Å². The molecule has 0 aromatic heterocycles. The second-order valence-corrected chi connectivity index (χ2v) is 7.68. The van der Waals surface area contributed by atoms with Crippen LogP contribution in [0.3, 0.4) is 0 Å². The van der Waals surface area contributed by atoms with Crippen LogP contribution in [0.25, 0.3) is 0 Å². The summed E-state index contributed by atoms with van der Waals surface area (Å²) < 4.78 is 0. The average molecular weight is 280 g/mol. The summed E-state index contributed by atoms with van der Waals surface area (Å²) in [6.45, 7) is 1.05. The van der Waals surface area contributed by atoms with Crippen molar-refractivity contribution < 1.29 is 0 Å². The summed E-state index contributed by atoms with van der Waals surface area (Å²) in [7, 11) is 2.31. The van der Waals surface area contributed by atoms with E-state index in [4.69, 9.17) is 0 Å². The molecule has 0 radical (unpaired) electrons. The Balaban J connectivity index is 1.62. The molecule has 0 amide bonds. The van der Waals surface area contributed by atoms with Gasteiger partial charge in [-0.2, -0.15) is 0 Å². The highest BCUT2D eigenvalue weighted by atomic mass is 15.4. The number of anilines is 1. The summed E-state index contributed by atoms with van der Waals surface area (Å²) in [6, 6.07) is 11.0. The number of nitrogens with zero attached hydrogens (tertiary/aromatic N) is 2. The largest absolute Gasteiger partial charge is 0.358 e. The third-order valence-electron chi connectivity index (χ3n) is 6.30. The molecule has 1 aromatic carbocycles. The van der Waals surface area contributed by atoms with Crippen LogP contribution in [0.5, 0.6) is 0 Å². The van der Waals surface area contributed by atoms with Gasteiger partial charge in [-0.15, -0.1) is 0 Å². The van der Waals surface area contributed by atoms with Crippen LogP contribution in [0.15, 0.2) is 41.7 Å². The van der Waals surface area contributed by atoms with Crippen molar-refractivity contribution in [1.82, 2.24) is 4.90 Å². The molecule has 4 bridgehead atoms.